The van der Waals surface area contributed by atoms with Gasteiger partial charge in [0.05, 0.1) is 11.8 Å². The van der Waals surface area contributed by atoms with Crippen molar-refractivity contribution in [3.63, 3.8) is 0 Å². The quantitative estimate of drug-likeness (QED) is 0.581. The van der Waals surface area contributed by atoms with Gasteiger partial charge in [-0.05, 0) is 25.3 Å². The fourth-order valence-electron chi connectivity index (χ4n) is 3.27. The summed E-state index contributed by atoms with van der Waals surface area (Å²) in [7, 11) is -3.43. The fourth-order valence-corrected chi connectivity index (χ4v) is 5.58. The molecule has 1 atom stereocenters. The number of piperazine rings is 1. The first-order valence-corrected chi connectivity index (χ1v) is 12.2. The van der Waals surface area contributed by atoms with E-state index in [1.54, 1.807) is 17.7 Å². The Hall–Kier alpha value is -2.30. The van der Waals surface area contributed by atoms with Crippen LogP contribution < -0.4 is 5.32 Å². The van der Waals surface area contributed by atoms with Crippen LogP contribution in [0.3, 0.4) is 0 Å². The minimum atomic E-state index is -3.43. The van der Waals surface area contributed by atoms with E-state index < -0.39 is 16.1 Å². The summed E-state index contributed by atoms with van der Waals surface area (Å²) in [5.41, 5.74) is 0.799. The van der Waals surface area contributed by atoms with E-state index in [1.165, 1.54) is 20.5 Å². The van der Waals surface area contributed by atoms with Gasteiger partial charge in [0.1, 0.15) is 6.04 Å². The van der Waals surface area contributed by atoms with Crippen molar-refractivity contribution in [3.8, 4) is 0 Å². The summed E-state index contributed by atoms with van der Waals surface area (Å²) in [5, 5.41) is 4.59. The first-order chi connectivity index (χ1) is 14.4. The minimum Gasteiger partial charge on any atom is -0.328 e. The van der Waals surface area contributed by atoms with Crippen LogP contribution in [-0.4, -0.2) is 65.3 Å². The zero-order chi connectivity index (χ0) is 21.7. The Balaban J connectivity index is 1.79. The molecule has 1 aromatic rings. The Morgan fingerprint density at radius 3 is 2.77 bits per heavy atom. The SMILES string of the molecule is C=C/C(=C\C=C/C)CC(C(=O)Nc1nccs1)N1CCN(S(=O)(=O)C2CC2)CC1=O. The van der Waals surface area contributed by atoms with Gasteiger partial charge >= 0.3 is 0 Å². The number of anilines is 1. The molecule has 1 saturated carbocycles. The second-order valence-electron chi connectivity index (χ2n) is 7.18. The third kappa shape index (κ3) is 5.24. The molecule has 3 rings (SSSR count). The van der Waals surface area contributed by atoms with Crippen LogP contribution in [0.1, 0.15) is 26.2 Å². The monoisotopic (exact) mass is 450 g/mol. The highest BCUT2D eigenvalue weighted by molar-refractivity contribution is 7.90. The molecule has 162 valence electrons. The average Bonchev–Trinajstić information content (AvgIpc) is 3.47. The van der Waals surface area contributed by atoms with Crippen LogP contribution in [0.2, 0.25) is 0 Å². The lowest BCUT2D eigenvalue weighted by Crippen LogP contribution is -2.58. The van der Waals surface area contributed by atoms with E-state index in [4.69, 9.17) is 0 Å². The third-order valence-corrected chi connectivity index (χ3v) is 8.10. The van der Waals surface area contributed by atoms with Crippen LogP contribution in [0.4, 0.5) is 5.13 Å². The lowest BCUT2D eigenvalue weighted by atomic mass is 10.0. The predicted octanol–water partition coefficient (Wildman–Crippen LogP) is 2.17. The van der Waals surface area contributed by atoms with Gasteiger partial charge in [-0.15, -0.1) is 11.3 Å². The summed E-state index contributed by atoms with van der Waals surface area (Å²) in [5.74, 6) is -0.732. The molecule has 8 nitrogen and oxygen atoms in total. The lowest BCUT2D eigenvalue weighted by molar-refractivity contribution is -0.141. The van der Waals surface area contributed by atoms with Crippen molar-refractivity contribution in [1.82, 2.24) is 14.2 Å². The molecule has 1 aliphatic carbocycles. The molecule has 2 fully saturated rings. The summed E-state index contributed by atoms with van der Waals surface area (Å²) < 4.78 is 26.2. The number of amides is 2. The Bertz CT molecular complexity index is 949. The summed E-state index contributed by atoms with van der Waals surface area (Å²) in [6, 6.07) is -0.790. The number of carbonyl (C=O) groups excluding carboxylic acids is 2. The van der Waals surface area contributed by atoms with E-state index in [-0.39, 0.29) is 43.1 Å². The average molecular weight is 451 g/mol. The molecule has 2 aliphatic rings. The number of allylic oxidation sites excluding steroid dienone is 4. The lowest BCUT2D eigenvalue weighted by Gasteiger charge is -2.38. The topological polar surface area (TPSA) is 99.7 Å². The van der Waals surface area contributed by atoms with Gasteiger partial charge in [0, 0.05) is 31.1 Å². The number of hydrogen-bond donors (Lipinski definition) is 1. The molecule has 1 unspecified atom stereocenters. The number of nitrogens with zero attached hydrogens (tertiary/aromatic N) is 3. The Kier molecular flexibility index (Phi) is 7.22. The van der Waals surface area contributed by atoms with Crippen molar-refractivity contribution in [2.24, 2.45) is 0 Å². The number of nitrogens with one attached hydrogen (secondary N) is 1. The van der Waals surface area contributed by atoms with E-state index in [1.807, 2.05) is 25.2 Å². The standard InChI is InChI=1S/C20H26N4O4S2/c1-3-5-6-15(4-2)13-17(19(26)22-20-21-9-12-29-20)24-11-10-23(14-18(24)25)30(27,28)16-7-8-16/h3-6,9,12,16-17H,2,7-8,10-11,13-14H2,1H3,(H,21,22,26)/b5-3-,15-6+. The van der Waals surface area contributed by atoms with E-state index in [2.05, 4.69) is 16.9 Å². The molecule has 30 heavy (non-hydrogen) atoms. The third-order valence-electron chi connectivity index (χ3n) is 5.06. The molecule has 0 radical (unpaired) electrons. The molecular weight excluding hydrogens is 424 g/mol. The van der Waals surface area contributed by atoms with Crippen LogP contribution in [0.5, 0.6) is 0 Å². The van der Waals surface area contributed by atoms with Gasteiger partial charge in [-0.2, -0.15) is 4.31 Å². The second kappa shape index (κ2) is 9.67. The van der Waals surface area contributed by atoms with Gasteiger partial charge in [0.2, 0.25) is 21.8 Å². The highest BCUT2D eigenvalue weighted by Crippen LogP contribution is 2.32. The van der Waals surface area contributed by atoms with Crippen molar-refractivity contribution < 1.29 is 18.0 Å². The van der Waals surface area contributed by atoms with Crippen LogP contribution in [-0.2, 0) is 19.6 Å². The van der Waals surface area contributed by atoms with Gasteiger partial charge in [-0.1, -0.05) is 30.9 Å². The minimum absolute atomic E-state index is 0.161. The van der Waals surface area contributed by atoms with Crippen LogP contribution >= 0.6 is 11.3 Å². The smallest absolute Gasteiger partial charge is 0.249 e. The highest BCUT2D eigenvalue weighted by Gasteiger charge is 2.44. The molecule has 10 heteroatoms. The van der Waals surface area contributed by atoms with E-state index in [0.29, 0.717) is 18.0 Å². The molecule has 1 aromatic heterocycles. The molecule has 0 aromatic carbocycles. The largest absolute Gasteiger partial charge is 0.328 e. The number of hydrogen-bond acceptors (Lipinski definition) is 6. The van der Waals surface area contributed by atoms with Gasteiger partial charge in [-0.25, -0.2) is 13.4 Å². The molecule has 2 heterocycles. The molecule has 0 spiro atoms. The van der Waals surface area contributed by atoms with Gasteiger partial charge in [-0.3, -0.25) is 9.59 Å². The van der Waals surface area contributed by atoms with Crippen molar-refractivity contribution in [1.29, 1.82) is 0 Å². The van der Waals surface area contributed by atoms with Gasteiger partial charge in [0.15, 0.2) is 5.13 Å². The maximum atomic E-state index is 13.0. The maximum absolute atomic E-state index is 13.0. The summed E-state index contributed by atoms with van der Waals surface area (Å²) in [4.78, 5) is 31.5. The van der Waals surface area contributed by atoms with Crippen LogP contribution in [0.25, 0.3) is 0 Å². The molecule has 2 amide bonds. The van der Waals surface area contributed by atoms with E-state index >= 15 is 0 Å². The van der Waals surface area contributed by atoms with Gasteiger partial charge in [0.25, 0.3) is 0 Å². The van der Waals surface area contributed by atoms with Crippen LogP contribution in [0, 0.1) is 0 Å². The Morgan fingerprint density at radius 2 is 2.20 bits per heavy atom. The highest BCUT2D eigenvalue weighted by atomic mass is 32.2. The molecule has 1 saturated heterocycles. The second-order valence-corrected chi connectivity index (χ2v) is 10.3. The first-order valence-electron chi connectivity index (χ1n) is 9.80. The zero-order valence-corrected chi connectivity index (χ0v) is 18.5. The zero-order valence-electron chi connectivity index (χ0n) is 16.9. The Labute approximate surface area is 181 Å². The maximum Gasteiger partial charge on any atom is 0.249 e. The summed E-state index contributed by atoms with van der Waals surface area (Å²) >= 11 is 1.29. The fraction of sp³-hybridized carbons (Fsp3) is 0.450. The molecular formula is C20H26N4O4S2. The molecule has 1 aliphatic heterocycles. The number of aromatic nitrogens is 1. The Morgan fingerprint density at radius 1 is 1.43 bits per heavy atom. The predicted molar refractivity (Wildman–Crippen MR) is 117 cm³/mol. The van der Waals surface area contributed by atoms with Crippen molar-refractivity contribution >= 4 is 38.3 Å². The molecule has 0 bridgehead atoms. The first kappa shape index (κ1) is 22.4. The summed E-state index contributed by atoms with van der Waals surface area (Å²) in [6.07, 6.45) is 10.4. The van der Waals surface area contributed by atoms with E-state index in [9.17, 15) is 18.0 Å². The van der Waals surface area contributed by atoms with Crippen molar-refractivity contribution in [2.75, 3.05) is 25.0 Å². The number of thiazole rings is 1. The summed E-state index contributed by atoms with van der Waals surface area (Å²) in [6.45, 7) is 5.80. The van der Waals surface area contributed by atoms with Crippen LogP contribution in [0.15, 0.2) is 48.0 Å². The van der Waals surface area contributed by atoms with Gasteiger partial charge < -0.3 is 10.2 Å². The number of carbonyl (C=O) groups is 2. The van der Waals surface area contributed by atoms with Crippen molar-refractivity contribution in [2.45, 2.75) is 37.5 Å². The molecule has 1 N–H and O–H groups in total. The van der Waals surface area contributed by atoms with Crippen molar-refractivity contribution in [3.05, 3.63) is 48.0 Å². The normalized spacial score (nSPS) is 19.8. The van der Waals surface area contributed by atoms with E-state index in [0.717, 1.165) is 5.57 Å². The number of sulfonamides is 1. The number of rotatable bonds is 9.